The smallest absolute Gasteiger partial charge is 0.325 e. The first-order chi connectivity index (χ1) is 15.0. The van der Waals surface area contributed by atoms with Gasteiger partial charge in [0.1, 0.15) is 5.82 Å². The van der Waals surface area contributed by atoms with Gasteiger partial charge in [-0.2, -0.15) is 17.5 Å². The molecule has 0 aromatic heterocycles. The van der Waals surface area contributed by atoms with E-state index < -0.39 is 40.0 Å². The van der Waals surface area contributed by atoms with E-state index in [4.69, 9.17) is 0 Å². The van der Waals surface area contributed by atoms with E-state index in [0.717, 1.165) is 35.2 Å². The maximum absolute atomic E-state index is 13.5. The molecule has 0 heterocycles. The SMILES string of the molecule is Cc1ccc(S(=O)(=O)N(CC(=O)Nc2ccc(F)c(C(F)(F)F)c2)C2CCCCC2)cc1. The molecule has 174 valence electrons. The minimum atomic E-state index is -4.92. The summed E-state index contributed by atoms with van der Waals surface area (Å²) >= 11 is 0. The predicted molar refractivity (Wildman–Crippen MR) is 112 cm³/mol. The Morgan fingerprint density at radius 2 is 1.69 bits per heavy atom. The summed E-state index contributed by atoms with van der Waals surface area (Å²) in [5, 5.41) is 2.27. The summed E-state index contributed by atoms with van der Waals surface area (Å²) in [5.74, 6) is -2.26. The molecule has 0 radical (unpaired) electrons. The summed E-state index contributed by atoms with van der Waals surface area (Å²) in [6.07, 6.45) is -1.14. The van der Waals surface area contributed by atoms with E-state index in [1.165, 1.54) is 12.1 Å². The number of nitrogens with one attached hydrogen (secondary N) is 1. The van der Waals surface area contributed by atoms with Crippen LogP contribution in [0.15, 0.2) is 47.4 Å². The molecule has 1 aliphatic carbocycles. The zero-order valence-corrected chi connectivity index (χ0v) is 18.3. The van der Waals surface area contributed by atoms with E-state index >= 15 is 0 Å². The highest BCUT2D eigenvalue weighted by molar-refractivity contribution is 7.89. The molecule has 5 nitrogen and oxygen atoms in total. The van der Waals surface area contributed by atoms with Gasteiger partial charge in [-0.3, -0.25) is 4.79 Å². The fraction of sp³-hybridized carbons (Fsp3) is 0.409. The number of carbonyl (C=O) groups excluding carboxylic acids is 1. The van der Waals surface area contributed by atoms with Crippen LogP contribution >= 0.6 is 0 Å². The fourth-order valence-corrected chi connectivity index (χ4v) is 5.43. The van der Waals surface area contributed by atoms with Crippen LogP contribution in [0.1, 0.15) is 43.2 Å². The van der Waals surface area contributed by atoms with Gasteiger partial charge in [-0.1, -0.05) is 37.0 Å². The van der Waals surface area contributed by atoms with Crippen LogP contribution in [0.25, 0.3) is 0 Å². The number of aryl methyl sites for hydroxylation is 1. The maximum atomic E-state index is 13.5. The van der Waals surface area contributed by atoms with Crippen molar-refractivity contribution in [3.8, 4) is 0 Å². The van der Waals surface area contributed by atoms with Crippen molar-refractivity contribution in [2.24, 2.45) is 0 Å². The molecule has 0 saturated heterocycles. The Bertz CT molecular complexity index is 1060. The number of carbonyl (C=O) groups is 1. The topological polar surface area (TPSA) is 66.5 Å². The van der Waals surface area contributed by atoms with Crippen molar-refractivity contribution in [3.05, 3.63) is 59.4 Å². The molecule has 10 heteroatoms. The molecule has 2 aromatic carbocycles. The number of halogens is 4. The number of alkyl halides is 3. The quantitative estimate of drug-likeness (QED) is 0.594. The zero-order valence-electron chi connectivity index (χ0n) is 17.5. The largest absolute Gasteiger partial charge is 0.419 e. The van der Waals surface area contributed by atoms with E-state index in [1.807, 2.05) is 6.92 Å². The summed E-state index contributed by atoms with van der Waals surface area (Å²) in [4.78, 5) is 12.7. The molecule has 1 amide bonds. The maximum Gasteiger partial charge on any atom is 0.419 e. The molecule has 3 rings (SSSR count). The average molecular weight is 473 g/mol. The third-order valence-electron chi connectivity index (χ3n) is 5.46. The predicted octanol–water partition coefficient (Wildman–Crippen LogP) is 5.12. The molecule has 0 unspecified atom stereocenters. The summed E-state index contributed by atoms with van der Waals surface area (Å²) in [6, 6.07) is 7.96. The second-order valence-corrected chi connectivity index (χ2v) is 9.79. The van der Waals surface area contributed by atoms with Gasteiger partial charge in [0.25, 0.3) is 0 Å². The van der Waals surface area contributed by atoms with Crippen LogP contribution in [-0.4, -0.2) is 31.2 Å². The highest BCUT2D eigenvalue weighted by Gasteiger charge is 2.36. The monoisotopic (exact) mass is 472 g/mol. The van der Waals surface area contributed by atoms with Crippen molar-refractivity contribution < 1.29 is 30.8 Å². The van der Waals surface area contributed by atoms with Crippen molar-refractivity contribution in [2.45, 2.75) is 56.1 Å². The molecule has 1 aliphatic rings. The Morgan fingerprint density at radius 1 is 1.06 bits per heavy atom. The number of hydrogen-bond donors (Lipinski definition) is 1. The summed E-state index contributed by atoms with van der Waals surface area (Å²) in [6.45, 7) is 1.26. The highest BCUT2D eigenvalue weighted by Crippen LogP contribution is 2.33. The van der Waals surface area contributed by atoms with Crippen LogP contribution < -0.4 is 5.32 Å². The van der Waals surface area contributed by atoms with Gasteiger partial charge in [-0.15, -0.1) is 0 Å². The highest BCUT2D eigenvalue weighted by atomic mass is 32.2. The lowest BCUT2D eigenvalue weighted by Gasteiger charge is -2.33. The molecular weight excluding hydrogens is 448 g/mol. The average Bonchev–Trinajstić information content (AvgIpc) is 2.73. The van der Waals surface area contributed by atoms with E-state index in [2.05, 4.69) is 5.32 Å². The van der Waals surface area contributed by atoms with Crippen LogP contribution in [0.5, 0.6) is 0 Å². The van der Waals surface area contributed by atoms with E-state index in [-0.39, 0.29) is 16.6 Å². The Hall–Kier alpha value is -2.46. The lowest BCUT2D eigenvalue weighted by Crippen LogP contribution is -2.45. The molecule has 0 spiro atoms. The normalized spacial score (nSPS) is 15.7. The lowest BCUT2D eigenvalue weighted by atomic mass is 9.95. The molecule has 1 N–H and O–H groups in total. The van der Waals surface area contributed by atoms with Gasteiger partial charge < -0.3 is 5.32 Å². The van der Waals surface area contributed by atoms with Gasteiger partial charge in [0.2, 0.25) is 15.9 Å². The number of amides is 1. The van der Waals surface area contributed by atoms with Gasteiger partial charge in [0.05, 0.1) is 17.0 Å². The first kappa shape index (κ1) is 24.2. The number of hydrogen-bond acceptors (Lipinski definition) is 3. The molecular formula is C22H24F4N2O3S. The van der Waals surface area contributed by atoms with Gasteiger partial charge in [0, 0.05) is 11.7 Å². The standard InChI is InChI=1S/C22H24F4N2O3S/c1-15-7-10-18(11-8-15)32(30,31)28(17-5-3-2-4-6-17)14-21(29)27-16-9-12-20(23)19(13-16)22(24,25)26/h7-13,17H,2-6,14H2,1H3,(H,27,29). The van der Waals surface area contributed by atoms with Crippen LogP contribution in [0, 0.1) is 12.7 Å². The second-order valence-electron chi connectivity index (χ2n) is 7.90. The van der Waals surface area contributed by atoms with Crippen molar-refractivity contribution in [1.29, 1.82) is 0 Å². The third kappa shape index (κ3) is 5.66. The minimum Gasteiger partial charge on any atom is -0.325 e. The minimum absolute atomic E-state index is 0.0441. The summed E-state index contributed by atoms with van der Waals surface area (Å²) in [5.41, 5.74) is -0.894. The number of rotatable bonds is 6. The zero-order chi connectivity index (χ0) is 23.5. The Balaban J connectivity index is 1.85. The van der Waals surface area contributed by atoms with Crippen molar-refractivity contribution in [1.82, 2.24) is 4.31 Å². The molecule has 0 bridgehead atoms. The first-order valence-corrected chi connectivity index (χ1v) is 11.7. The van der Waals surface area contributed by atoms with E-state index in [9.17, 15) is 30.8 Å². The van der Waals surface area contributed by atoms with E-state index in [0.29, 0.717) is 25.0 Å². The number of nitrogens with zero attached hydrogens (tertiary/aromatic N) is 1. The summed E-state index contributed by atoms with van der Waals surface area (Å²) < 4.78 is 80.1. The molecule has 1 fully saturated rings. The van der Waals surface area contributed by atoms with Crippen LogP contribution in [0.3, 0.4) is 0 Å². The van der Waals surface area contributed by atoms with Crippen LogP contribution in [0.2, 0.25) is 0 Å². The van der Waals surface area contributed by atoms with Crippen molar-refractivity contribution in [2.75, 3.05) is 11.9 Å². The van der Waals surface area contributed by atoms with Gasteiger partial charge >= 0.3 is 6.18 Å². The Kier molecular flexibility index (Phi) is 7.24. The summed E-state index contributed by atoms with van der Waals surface area (Å²) in [7, 11) is -4.01. The molecule has 1 saturated carbocycles. The Morgan fingerprint density at radius 3 is 2.28 bits per heavy atom. The molecule has 32 heavy (non-hydrogen) atoms. The Labute approximate surface area is 184 Å². The molecule has 0 atom stereocenters. The first-order valence-electron chi connectivity index (χ1n) is 10.2. The van der Waals surface area contributed by atoms with Crippen molar-refractivity contribution in [3.63, 3.8) is 0 Å². The second kappa shape index (κ2) is 9.58. The molecule has 0 aliphatic heterocycles. The van der Waals surface area contributed by atoms with Gasteiger partial charge in [-0.25, -0.2) is 12.8 Å². The number of sulfonamides is 1. The van der Waals surface area contributed by atoms with Crippen molar-refractivity contribution >= 4 is 21.6 Å². The van der Waals surface area contributed by atoms with E-state index in [1.54, 1.807) is 12.1 Å². The number of anilines is 1. The lowest BCUT2D eigenvalue weighted by molar-refractivity contribution is -0.140. The van der Waals surface area contributed by atoms with Gasteiger partial charge in [0.15, 0.2) is 0 Å². The third-order valence-corrected chi connectivity index (χ3v) is 7.38. The van der Waals surface area contributed by atoms with Crippen LogP contribution in [-0.2, 0) is 21.0 Å². The molecule has 2 aromatic rings. The van der Waals surface area contributed by atoms with Crippen LogP contribution in [0.4, 0.5) is 23.2 Å². The fourth-order valence-electron chi connectivity index (χ4n) is 3.79. The van der Waals surface area contributed by atoms with Gasteiger partial charge in [-0.05, 0) is 50.1 Å². The number of benzene rings is 2.